The smallest absolute Gasteiger partial charge is 0.256 e. The third-order valence-corrected chi connectivity index (χ3v) is 5.66. The van der Waals surface area contributed by atoms with Gasteiger partial charge in [-0.05, 0) is 18.2 Å². The van der Waals surface area contributed by atoms with E-state index in [1.165, 1.54) is 41.0 Å². The van der Waals surface area contributed by atoms with Gasteiger partial charge in [-0.2, -0.15) is 9.04 Å². The number of rotatable bonds is 4. The van der Waals surface area contributed by atoms with E-state index in [2.05, 4.69) is 5.32 Å². The van der Waals surface area contributed by atoms with E-state index in [1.807, 2.05) is 0 Å². The van der Waals surface area contributed by atoms with Gasteiger partial charge in [-0.15, -0.1) is 0 Å². The Balaban J connectivity index is 1.79. The molecule has 9 heteroatoms. The summed E-state index contributed by atoms with van der Waals surface area (Å²) in [6, 6.07) is 8.85. The Kier molecular flexibility index (Phi) is 4.98. The molecule has 1 fully saturated rings. The molecular weight excluding hydrogens is 346 g/mol. The fourth-order valence-electron chi connectivity index (χ4n) is 2.44. The van der Waals surface area contributed by atoms with Gasteiger partial charge in [0.1, 0.15) is 0 Å². The fourth-order valence-corrected chi connectivity index (χ4v) is 3.89. The van der Waals surface area contributed by atoms with Crippen LogP contribution in [0.3, 0.4) is 0 Å². The molecule has 1 aromatic heterocycles. The molecule has 1 saturated heterocycles. The summed E-state index contributed by atoms with van der Waals surface area (Å²) in [5.74, 6) is -0.429. The minimum absolute atomic E-state index is 0.109. The van der Waals surface area contributed by atoms with Gasteiger partial charge >= 0.3 is 0 Å². The van der Waals surface area contributed by atoms with Crippen molar-refractivity contribution in [3.63, 3.8) is 0 Å². The van der Waals surface area contributed by atoms with Gasteiger partial charge in [-0.25, -0.2) is 8.42 Å². The average Bonchev–Trinajstić information content (AvgIpc) is 2.63. The van der Waals surface area contributed by atoms with E-state index in [1.54, 1.807) is 12.1 Å². The Hall–Kier alpha value is -2.49. The second kappa shape index (κ2) is 7.18. The number of carbonyl (C=O) groups excluding carboxylic acids is 1. The first-order valence-corrected chi connectivity index (χ1v) is 9.09. The molecule has 0 unspecified atom stereocenters. The Morgan fingerprint density at radius 1 is 1.16 bits per heavy atom. The molecular formula is C16H17N3O5S. The third-order valence-electron chi connectivity index (χ3n) is 3.76. The standard InChI is InChI=1S/C16H17N3O5S/c20-16(13-4-6-18(21)7-5-13)17-14-2-1-3-15(12-14)25(22,23)19-8-10-24-11-9-19/h1-7,12H,8-11H2,(H,17,20). The van der Waals surface area contributed by atoms with Crippen LogP contribution in [0.4, 0.5) is 5.69 Å². The number of benzene rings is 1. The summed E-state index contributed by atoms with van der Waals surface area (Å²) in [7, 11) is -3.63. The maximum atomic E-state index is 12.7. The maximum absolute atomic E-state index is 12.7. The number of carbonyl (C=O) groups is 1. The molecule has 2 heterocycles. The molecule has 25 heavy (non-hydrogen) atoms. The molecule has 2 aromatic rings. The lowest BCUT2D eigenvalue weighted by Gasteiger charge is -2.26. The van der Waals surface area contributed by atoms with E-state index >= 15 is 0 Å². The van der Waals surface area contributed by atoms with Crippen LogP contribution in [0, 0.1) is 5.21 Å². The number of nitrogens with one attached hydrogen (secondary N) is 1. The Morgan fingerprint density at radius 3 is 2.52 bits per heavy atom. The number of hydrogen-bond donors (Lipinski definition) is 1. The van der Waals surface area contributed by atoms with Gasteiger partial charge in [0.25, 0.3) is 5.91 Å². The molecule has 0 atom stereocenters. The van der Waals surface area contributed by atoms with Crippen molar-refractivity contribution in [2.24, 2.45) is 0 Å². The highest BCUT2D eigenvalue weighted by Gasteiger charge is 2.26. The SMILES string of the molecule is O=C(Nc1cccc(S(=O)(=O)N2CCOCC2)c1)c1cc[n+]([O-])cc1. The number of amides is 1. The van der Waals surface area contributed by atoms with Gasteiger partial charge in [0.15, 0.2) is 12.4 Å². The molecule has 1 N–H and O–H groups in total. The van der Waals surface area contributed by atoms with Crippen molar-refractivity contribution in [1.82, 2.24) is 4.31 Å². The average molecular weight is 363 g/mol. The summed E-state index contributed by atoms with van der Waals surface area (Å²) < 4.78 is 32.4. The van der Waals surface area contributed by atoms with Crippen LogP contribution >= 0.6 is 0 Å². The molecule has 132 valence electrons. The van der Waals surface area contributed by atoms with Crippen LogP contribution in [-0.2, 0) is 14.8 Å². The van der Waals surface area contributed by atoms with E-state index < -0.39 is 15.9 Å². The first kappa shape index (κ1) is 17.3. The van der Waals surface area contributed by atoms with Gasteiger partial charge in [0.05, 0.1) is 23.7 Å². The van der Waals surface area contributed by atoms with Crippen LogP contribution in [0.1, 0.15) is 10.4 Å². The summed E-state index contributed by atoms with van der Waals surface area (Å²) in [5, 5.41) is 13.6. The van der Waals surface area contributed by atoms with E-state index in [4.69, 9.17) is 4.74 Å². The van der Waals surface area contributed by atoms with Crippen molar-refractivity contribution in [2.45, 2.75) is 4.90 Å². The first-order valence-electron chi connectivity index (χ1n) is 7.65. The normalized spacial score (nSPS) is 15.7. The molecule has 8 nitrogen and oxygen atoms in total. The van der Waals surface area contributed by atoms with Crippen molar-refractivity contribution in [1.29, 1.82) is 0 Å². The van der Waals surface area contributed by atoms with Crippen LogP contribution in [0.25, 0.3) is 0 Å². The van der Waals surface area contributed by atoms with Gasteiger partial charge in [0, 0.05) is 30.9 Å². The molecule has 0 saturated carbocycles. The van der Waals surface area contributed by atoms with E-state index in [-0.39, 0.29) is 4.90 Å². The molecule has 0 bridgehead atoms. The second-order valence-electron chi connectivity index (χ2n) is 5.45. The number of nitrogens with zero attached hydrogens (tertiary/aromatic N) is 2. The fraction of sp³-hybridized carbons (Fsp3) is 0.250. The lowest BCUT2D eigenvalue weighted by atomic mass is 10.2. The summed E-state index contributed by atoms with van der Waals surface area (Å²) >= 11 is 0. The number of anilines is 1. The monoisotopic (exact) mass is 363 g/mol. The Morgan fingerprint density at radius 2 is 1.84 bits per heavy atom. The lowest BCUT2D eigenvalue weighted by molar-refractivity contribution is -0.605. The third kappa shape index (κ3) is 3.95. The lowest BCUT2D eigenvalue weighted by Crippen LogP contribution is -2.40. The highest BCUT2D eigenvalue weighted by molar-refractivity contribution is 7.89. The number of pyridine rings is 1. The highest BCUT2D eigenvalue weighted by atomic mass is 32.2. The summed E-state index contributed by atoms with van der Waals surface area (Å²) in [6.45, 7) is 1.34. The van der Waals surface area contributed by atoms with Crippen molar-refractivity contribution in [3.05, 3.63) is 59.6 Å². The highest BCUT2D eigenvalue weighted by Crippen LogP contribution is 2.21. The Bertz CT molecular complexity index is 862. The minimum atomic E-state index is -3.63. The number of hydrogen-bond acceptors (Lipinski definition) is 5. The van der Waals surface area contributed by atoms with Crippen LogP contribution in [0.2, 0.25) is 0 Å². The zero-order valence-electron chi connectivity index (χ0n) is 13.3. The Labute approximate surface area is 145 Å². The zero-order chi connectivity index (χ0) is 17.9. The number of sulfonamides is 1. The predicted octanol–water partition coefficient (Wildman–Crippen LogP) is 0.593. The van der Waals surface area contributed by atoms with Crippen molar-refractivity contribution in [3.8, 4) is 0 Å². The van der Waals surface area contributed by atoms with Crippen molar-refractivity contribution < 1.29 is 22.7 Å². The van der Waals surface area contributed by atoms with Crippen LogP contribution in [-0.4, -0.2) is 44.9 Å². The molecule has 1 aliphatic heterocycles. The largest absolute Gasteiger partial charge is 0.619 e. The second-order valence-corrected chi connectivity index (χ2v) is 7.38. The molecule has 0 aliphatic carbocycles. The molecule has 1 amide bonds. The van der Waals surface area contributed by atoms with Crippen LogP contribution in [0.5, 0.6) is 0 Å². The van der Waals surface area contributed by atoms with Crippen LogP contribution in [0.15, 0.2) is 53.7 Å². The molecule has 0 spiro atoms. The summed E-state index contributed by atoms with van der Waals surface area (Å²) in [6.07, 6.45) is 2.43. The van der Waals surface area contributed by atoms with E-state index in [0.717, 1.165) is 0 Å². The molecule has 1 aromatic carbocycles. The van der Waals surface area contributed by atoms with Crippen molar-refractivity contribution >= 4 is 21.6 Å². The topological polar surface area (TPSA) is 103 Å². The summed E-state index contributed by atoms with van der Waals surface area (Å²) in [4.78, 5) is 12.3. The molecule has 0 radical (unpaired) electrons. The van der Waals surface area contributed by atoms with Crippen molar-refractivity contribution in [2.75, 3.05) is 31.6 Å². The molecule has 1 aliphatic rings. The van der Waals surface area contributed by atoms with Gasteiger partial charge in [-0.3, -0.25) is 4.79 Å². The quantitative estimate of drug-likeness (QED) is 0.633. The maximum Gasteiger partial charge on any atom is 0.256 e. The van der Waals surface area contributed by atoms with Gasteiger partial charge in [-0.1, -0.05) is 6.07 Å². The minimum Gasteiger partial charge on any atom is -0.619 e. The van der Waals surface area contributed by atoms with E-state index in [9.17, 15) is 18.4 Å². The number of aromatic nitrogens is 1. The number of morpholine rings is 1. The van der Waals surface area contributed by atoms with Gasteiger partial charge < -0.3 is 15.3 Å². The zero-order valence-corrected chi connectivity index (χ0v) is 14.1. The molecule has 3 rings (SSSR count). The van der Waals surface area contributed by atoms with Gasteiger partial charge in [0.2, 0.25) is 10.0 Å². The van der Waals surface area contributed by atoms with Crippen LogP contribution < -0.4 is 10.0 Å². The summed E-state index contributed by atoms with van der Waals surface area (Å²) in [5.41, 5.74) is 0.659. The van der Waals surface area contributed by atoms with E-state index in [0.29, 0.717) is 42.3 Å². The number of ether oxygens (including phenoxy) is 1. The predicted molar refractivity (Wildman–Crippen MR) is 89.4 cm³/mol. The first-order chi connectivity index (χ1) is 12.0.